The van der Waals surface area contributed by atoms with Gasteiger partial charge in [-0.05, 0) is 83.0 Å². The van der Waals surface area contributed by atoms with Crippen LogP contribution in [0.25, 0.3) is 11.1 Å². The summed E-state index contributed by atoms with van der Waals surface area (Å²) < 4.78 is 53.1. The Labute approximate surface area is 235 Å². The highest BCUT2D eigenvalue weighted by Gasteiger charge is 2.37. The molecule has 4 rings (SSSR count). The van der Waals surface area contributed by atoms with Crippen LogP contribution in [0.15, 0.2) is 60.7 Å². The Kier molecular flexibility index (Phi) is 9.60. The number of carbonyl (C=O) groups is 1. The normalized spacial score (nSPS) is 17.1. The number of alkyl halides is 2. The number of hydrogen-bond acceptors (Lipinski definition) is 3. The van der Waals surface area contributed by atoms with Crippen molar-refractivity contribution in [1.29, 1.82) is 0 Å². The lowest BCUT2D eigenvalue weighted by Crippen LogP contribution is -2.17. The Balaban J connectivity index is 1.63. The van der Waals surface area contributed by atoms with Crippen molar-refractivity contribution in [2.24, 2.45) is 5.41 Å². The van der Waals surface area contributed by atoms with Crippen LogP contribution in [0.2, 0.25) is 0 Å². The fourth-order valence-corrected chi connectivity index (χ4v) is 6.07. The summed E-state index contributed by atoms with van der Waals surface area (Å²) in [6.07, 6.45) is 2.53. The van der Waals surface area contributed by atoms with E-state index in [1.165, 1.54) is 13.2 Å². The predicted molar refractivity (Wildman–Crippen MR) is 152 cm³/mol. The Bertz CT molecular complexity index is 1320. The number of rotatable bonds is 11. The fourth-order valence-electron chi connectivity index (χ4n) is 6.07. The minimum Gasteiger partial charge on any atom is -0.489 e. The van der Waals surface area contributed by atoms with Gasteiger partial charge in [0, 0.05) is 11.1 Å². The molecule has 1 aliphatic carbocycles. The first-order valence-corrected chi connectivity index (χ1v) is 14.1. The maximum Gasteiger partial charge on any atom is 0.306 e. The van der Waals surface area contributed by atoms with Gasteiger partial charge in [-0.2, -0.15) is 0 Å². The van der Waals surface area contributed by atoms with Gasteiger partial charge in [0.15, 0.2) is 0 Å². The molecule has 0 radical (unpaired) electrons. The second-order valence-corrected chi connectivity index (χ2v) is 11.5. The van der Waals surface area contributed by atoms with Crippen LogP contribution in [-0.2, 0) is 16.1 Å². The highest BCUT2D eigenvalue weighted by Crippen LogP contribution is 2.51. The highest BCUT2D eigenvalue weighted by atomic mass is 19.3. The Morgan fingerprint density at radius 2 is 1.82 bits per heavy atom. The van der Waals surface area contributed by atoms with Crippen LogP contribution in [0.1, 0.15) is 99.8 Å². The standard InChI is InChI=1S/C34H39F3O3/c1-5-8-23(20-32(38)39-4)24-9-6-10-26(18-24)40-21-22-12-14-27(28(17-22)30-11-7-16-34(30,2)3)29-19-25(33(36)37)13-15-31(29)35/h6,9-10,12-15,17-19,23,30,33H,5,7-8,11,16,20-21H2,1-4H3/t23-,30+/m0/s1. The summed E-state index contributed by atoms with van der Waals surface area (Å²) in [5, 5.41) is 0. The number of esters is 1. The van der Waals surface area contributed by atoms with Gasteiger partial charge in [0.2, 0.25) is 0 Å². The average Bonchev–Trinajstić information content (AvgIpc) is 3.30. The average molecular weight is 553 g/mol. The van der Waals surface area contributed by atoms with Gasteiger partial charge in [-0.15, -0.1) is 0 Å². The molecule has 0 spiro atoms. The van der Waals surface area contributed by atoms with Crippen LogP contribution in [0.4, 0.5) is 13.2 Å². The van der Waals surface area contributed by atoms with Crippen molar-refractivity contribution in [3.63, 3.8) is 0 Å². The van der Waals surface area contributed by atoms with Crippen molar-refractivity contribution < 1.29 is 27.4 Å². The lowest BCUT2D eigenvalue weighted by molar-refractivity contribution is -0.141. The van der Waals surface area contributed by atoms with Crippen molar-refractivity contribution in [3.05, 3.63) is 88.7 Å². The molecular formula is C34H39F3O3. The minimum absolute atomic E-state index is 0.00723. The van der Waals surface area contributed by atoms with Crippen LogP contribution in [-0.4, -0.2) is 13.1 Å². The molecule has 6 heteroatoms. The summed E-state index contributed by atoms with van der Waals surface area (Å²) >= 11 is 0. The van der Waals surface area contributed by atoms with Gasteiger partial charge < -0.3 is 9.47 Å². The van der Waals surface area contributed by atoms with Gasteiger partial charge in [-0.1, -0.05) is 70.0 Å². The molecule has 0 aromatic heterocycles. The second kappa shape index (κ2) is 12.9. The summed E-state index contributed by atoms with van der Waals surface area (Å²) in [5.74, 6) is 0.188. The van der Waals surface area contributed by atoms with E-state index in [2.05, 4.69) is 26.8 Å². The molecule has 0 amide bonds. The maximum absolute atomic E-state index is 15.0. The number of hydrogen-bond donors (Lipinski definition) is 0. The van der Waals surface area contributed by atoms with Crippen LogP contribution in [0, 0.1) is 11.2 Å². The smallest absolute Gasteiger partial charge is 0.306 e. The SMILES string of the molecule is CCC[C@@H](CC(=O)OC)c1cccc(OCc2ccc(-c3cc(C(F)F)ccc3F)c([C@H]3CCCC3(C)C)c2)c1. The lowest BCUT2D eigenvalue weighted by atomic mass is 9.75. The van der Waals surface area contributed by atoms with Gasteiger partial charge in [0.1, 0.15) is 18.2 Å². The number of methoxy groups -OCH3 is 1. The predicted octanol–water partition coefficient (Wildman–Crippen LogP) is 9.75. The summed E-state index contributed by atoms with van der Waals surface area (Å²) in [6, 6.07) is 17.2. The molecule has 40 heavy (non-hydrogen) atoms. The van der Waals surface area contributed by atoms with Gasteiger partial charge in [-0.25, -0.2) is 13.2 Å². The van der Waals surface area contributed by atoms with Crippen molar-refractivity contribution in [1.82, 2.24) is 0 Å². The number of carbonyl (C=O) groups excluding carboxylic acids is 1. The third-order valence-corrected chi connectivity index (χ3v) is 8.29. The summed E-state index contributed by atoms with van der Waals surface area (Å²) in [4.78, 5) is 11.9. The molecule has 1 aliphatic rings. The molecule has 3 aromatic carbocycles. The second-order valence-electron chi connectivity index (χ2n) is 11.5. The Hall–Kier alpha value is -3.28. The summed E-state index contributed by atoms with van der Waals surface area (Å²) in [6.45, 7) is 6.83. The van der Waals surface area contributed by atoms with E-state index in [-0.39, 0.29) is 34.3 Å². The quantitative estimate of drug-likeness (QED) is 0.222. The van der Waals surface area contributed by atoms with E-state index in [4.69, 9.17) is 9.47 Å². The van der Waals surface area contributed by atoms with E-state index in [0.29, 0.717) is 24.3 Å². The molecule has 1 fully saturated rings. The van der Waals surface area contributed by atoms with Gasteiger partial charge in [0.05, 0.1) is 13.5 Å². The molecule has 0 heterocycles. The molecule has 2 atom stereocenters. The highest BCUT2D eigenvalue weighted by molar-refractivity contribution is 5.71. The summed E-state index contributed by atoms with van der Waals surface area (Å²) in [7, 11) is 1.40. The van der Waals surface area contributed by atoms with E-state index in [1.54, 1.807) is 0 Å². The first-order chi connectivity index (χ1) is 19.1. The Morgan fingerprint density at radius 1 is 1.02 bits per heavy atom. The largest absolute Gasteiger partial charge is 0.489 e. The lowest BCUT2D eigenvalue weighted by Gasteiger charge is -2.30. The van der Waals surface area contributed by atoms with E-state index in [0.717, 1.165) is 60.9 Å². The molecule has 3 nitrogen and oxygen atoms in total. The third kappa shape index (κ3) is 6.89. The molecule has 1 saturated carbocycles. The topological polar surface area (TPSA) is 35.5 Å². The number of halogens is 3. The van der Waals surface area contributed by atoms with Crippen LogP contribution >= 0.6 is 0 Å². The maximum atomic E-state index is 15.0. The van der Waals surface area contributed by atoms with Gasteiger partial charge in [0.25, 0.3) is 6.43 Å². The molecule has 0 bridgehead atoms. The first kappa shape index (κ1) is 29.7. The molecule has 3 aromatic rings. The van der Waals surface area contributed by atoms with Crippen LogP contribution < -0.4 is 4.74 Å². The van der Waals surface area contributed by atoms with Crippen molar-refractivity contribution in [2.75, 3.05) is 7.11 Å². The van der Waals surface area contributed by atoms with Crippen LogP contribution in [0.3, 0.4) is 0 Å². The summed E-state index contributed by atoms with van der Waals surface area (Å²) in [5.41, 5.74) is 3.63. The zero-order chi connectivity index (χ0) is 28.9. The van der Waals surface area contributed by atoms with Crippen molar-refractivity contribution in [2.45, 2.75) is 84.2 Å². The van der Waals surface area contributed by atoms with E-state index >= 15 is 4.39 Å². The first-order valence-electron chi connectivity index (χ1n) is 14.1. The molecule has 0 unspecified atom stereocenters. The fraction of sp³-hybridized carbons (Fsp3) is 0.441. The number of benzene rings is 3. The minimum atomic E-state index is -2.67. The van der Waals surface area contributed by atoms with Gasteiger partial charge in [-0.3, -0.25) is 4.79 Å². The monoisotopic (exact) mass is 552 g/mol. The van der Waals surface area contributed by atoms with E-state index < -0.39 is 12.2 Å². The van der Waals surface area contributed by atoms with Crippen molar-refractivity contribution in [3.8, 4) is 16.9 Å². The zero-order valence-corrected chi connectivity index (χ0v) is 23.8. The molecule has 0 N–H and O–H groups in total. The number of ether oxygens (including phenoxy) is 2. The van der Waals surface area contributed by atoms with Crippen molar-refractivity contribution >= 4 is 5.97 Å². The Morgan fingerprint density at radius 3 is 2.50 bits per heavy atom. The molecule has 0 aliphatic heterocycles. The third-order valence-electron chi connectivity index (χ3n) is 8.29. The van der Waals surface area contributed by atoms with Crippen LogP contribution in [0.5, 0.6) is 5.75 Å². The molecule has 214 valence electrons. The van der Waals surface area contributed by atoms with E-state index in [1.807, 2.05) is 36.4 Å². The molecule has 0 saturated heterocycles. The zero-order valence-electron chi connectivity index (χ0n) is 23.8. The van der Waals surface area contributed by atoms with E-state index in [9.17, 15) is 13.6 Å². The van der Waals surface area contributed by atoms with Gasteiger partial charge >= 0.3 is 5.97 Å². The molecular weight excluding hydrogens is 513 g/mol.